The van der Waals surface area contributed by atoms with Crippen LogP contribution in [0.1, 0.15) is 0 Å². The van der Waals surface area contributed by atoms with Crippen molar-refractivity contribution in [3.63, 3.8) is 0 Å². The molecule has 0 aliphatic carbocycles. The second kappa shape index (κ2) is 10.7. The number of rotatable bonds is 5. The van der Waals surface area contributed by atoms with Crippen molar-refractivity contribution in [2.24, 2.45) is 0 Å². The van der Waals surface area contributed by atoms with E-state index < -0.39 is 0 Å². The molecule has 0 aliphatic heterocycles. The third-order valence-electron chi connectivity index (χ3n) is 8.79. The van der Waals surface area contributed by atoms with Crippen molar-refractivity contribution in [1.82, 2.24) is 14.8 Å². The van der Waals surface area contributed by atoms with E-state index in [4.69, 9.17) is 4.42 Å². The average molecular weight is 590 g/mol. The van der Waals surface area contributed by atoms with Crippen molar-refractivity contribution in [3.05, 3.63) is 164 Å². The highest BCUT2D eigenvalue weighted by molar-refractivity contribution is 6.10. The molecule has 0 fully saturated rings. The van der Waals surface area contributed by atoms with Gasteiger partial charge in [0.15, 0.2) is 0 Å². The van der Waals surface area contributed by atoms with Crippen LogP contribution >= 0.6 is 0 Å². The summed E-state index contributed by atoms with van der Waals surface area (Å²) in [7, 11) is 0. The Kier molecular flexibility index (Phi) is 6.10. The zero-order chi connectivity index (χ0) is 30.5. The number of fused-ring (bicyclic) bond motifs is 4. The van der Waals surface area contributed by atoms with E-state index in [-0.39, 0.29) is 0 Å². The van der Waals surface area contributed by atoms with Crippen LogP contribution in [0.3, 0.4) is 0 Å². The summed E-state index contributed by atoms with van der Waals surface area (Å²) >= 11 is 0. The summed E-state index contributed by atoms with van der Waals surface area (Å²) in [5.41, 5.74) is 10.0. The highest BCUT2D eigenvalue weighted by atomic mass is 16.4. The van der Waals surface area contributed by atoms with Gasteiger partial charge in [0.2, 0.25) is 11.8 Å². The Bertz CT molecular complexity index is 2510. The third kappa shape index (κ3) is 4.47. The summed E-state index contributed by atoms with van der Waals surface area (Å²) in [6.45, 7) is 0. The minimum atomic E-state index is 0.504. The van der Waals surface area contributed by atoms with Crippen LogP contribution in [0.5, 0.6) is 0 Å². The van der Waals surface area contributed by atoms with Gasteiger partial charge in [-0.3, -0.25) is 0 Å². The maximum Gasteiger partial charge on any atom is 0.248 e. The first-order chi connectivity index (χ1) is 22.8. The highest BCUT2D eigenvalue weighted by Gasteiger charge is 2.15. The molecule has 0 radical (unpaired) electrons. The lowest BCUT2D eigenvalue weighted by Gasteiger charge is -2.09. The van der Waals surface area contributed by atoms with Crippen LogP contribution < -0.4 is 0 Å². The zero-order valence-electron chi connectivity index (χ0n) is 24.8. The Labute approximate surface area is 265 Å². The lowest BCUT2D eigenvalue weighted by molar-refractivity contribution is 0.584. The topological polar surface area (TPSA) is 43.9 Å². The Morgan fingerprint density at radius 3 is 1.67 bits per heavy atom. The number of hydrogen-bond donors (Lipinski definition) is 0. The van der Waals surface area contributed by atoms with Crippen molar-refractivity contribution in [3.8, 4) is 50.8 Å². The molecule has 2 heterocycles. The van der Waals surface area contributed by atoms with Gasteiger partial charge in [-0.25, -0.2) is 0 Å². The van der Waals surface area contributed by atoms with E-state index in [1.54, 1.807) is 0 Å². The predicted octanol–water partition coefficient (Wildman–Crippen LogP) is 11.0. The Hall–Kier alpha value is -6.26. The molecule has 4 nitrogen and oxygen atoms in total. The van der Waals surface area contributed by atoms with Gasteiger partial charge in [0.25, 0.3) is 0 Å². The molecule has 4 heteroatoms. The van der Waals surface area contributed by atoms with Crippen molar-refractivity contribution in [1.29, 1.82) is 0 Å². The monoisotopic (exact) mass is 589 g/mol. The molecule has 0 aliphatic rings. The Balaban J connectivity index is 1.06. The van der Waals surface area contributed by atoms with Crippen LogP contribution in [0.2, 0.25) is 0 Å². The van der Waals surface area contributed by atoms with Crippen LogP contribution in [0, 0.1) is 0 Å². The van der Waals surface area contributed by atoms with E-state index in [2.05, 4.69) is 136 Å². The molecule has 0 bridgehead atoms. The summed E-state index contributed by atoms with van der Waals surface area (Å²) in [6.07, 6.45) is 0. The molecule has 7 aromatic carbocycles. The number of hydrogen-bond acceptors (Lipinski definition) is 3. The van der Waals surface area contributed by atoms with Gasteiger partial charge in [0, 0.05) is 27.6 Å². The second-order valence-corrected chi connectivity index (χ2v) is 11.5. The molecule has 0 N–H and O–H groups in total. The molecule has 0 atom stereocenters. The highest BCUT2D eigenvalue weighted by Crippen LogP contribution is 2.36. The summed E-state index contributed by atoms with van der Waals surface area (Å²) < 4.78 is 8.33. The van der Waals surface area contributed by atoms with Gasteiger partial charge in [0.1, 0.15) is 0 Å². The van der Waals surface area contributed by atoms with Gasteiger partial charge in [-0.15, -0.1) is 10.2 Å². The van der Waals surface area contributed by atoms with Gasteiger partial charge >= 0.3 is 0 Å². The molecular formula is C42H27N3O. The van der Waals surface area contributed by atoms with E-state index >= 15 is 0 Å². The SMILES string of the molecule is c1ccc(-c2nnc(-c3ccc(-n4c5ccccc5c5cc(-c6ccc(-c7ccc8ccccc8c7)cc6)ccc54)cc3)o2)cc1. The molecule has 0 spiro atoms. The lowest BCUT2D eigenvalue weighted by Crippen LogP contribution is -1.93. The summed E-state index contributed by atoms with van der Waals surface area (Å²) in [5, 5.41) is 13.5. The quantitative estimate of drug-likeness (QED) is 0.201. The minimum absolute atomic E-state index is 0.504. The Morgan fingerprint density at radius 2 is 0.913 bits per heavy atom. The molecule has 216 valence electrons. The number of para-hydroxylation sites is 1. The molecule has 2 aromatic heterocycles. The third-order valence-corrected chi connectivity index (χ3v) is 8.79. The smallest absolute Gasteiger partial charge is 0.248 e. The zero-order valence-corrected chi connectivity index (χ0v) is 24.8. The molecule has 0 unspecified atom stereocenters. The molecule has 0 saturated carbocycles. The average Bonchev–Trinajstić information content (AvgIpc) is 3.76. The maximum absolute atomic E-state index is 6.00. The van der Waals surface area contributed by atoms with E-state index in [1.165, 1.54) is 49.3 Å². The first-order valence-electron chi connectivity index (χ1n) is 15.4. The van der Waals surface area contributed by atoms with Crippen molar-refractivity contribution < 1.29 is 4.42 Å². The lowest BCUT2D eigenvalue weighted by atomic mass is 9.97. The molecule has 9 rings (SSSR count). The van der Waals surface area contributed by atoms with Crippen LogP contribution in [0.25, 0.3) is 83.4 Å². The van der Waals surface area contributed by atoms with E-state index in [0.29, 0.717) is 11.8 Å². The minimum Gasteiger partial charge on any atom is -0.416 e. The van der Waals surface area contributed by atoms with E-state index in [1.807, 2.05) is 42.5 Å². The van der Waals surface area contributed by atoms with Crippen molar-refractivity contribution in [2.75, 3.05) is 0 Å². The maximum atomic E-state index is 6.00. The van der Waals surface area contributed by atoms with Crippen LogP contribution in [-0.4, -0.2) is 14.8 Å². The number of benzene rings is 7. The van der Waals surface area contributed by atoms with Gasteiger partial charge in [-0.05, 0) is 93.7 Å². The summed E-state index contributed by atoms with van der Waals surface area (Å²) in [6, 6.07) is 57.6. The fourth-order valence-corrected chi connectivity index (χ4v) is 6.45. The van der Waals surface area contributed by atoms with Crippen molar-refractivity contribution in [2.45, 2.75) is 0 Å². The molecule has 9 aromatic rings. The summed E-state index contributed by atoms with van der Waals surface area (Å²) in [5.74, 6) is 1.02. The molecule has 0 saturated heterocycles. The van der Waals surface area contributed by atoms with Gasteiger partial charge in [-0.1, -0.05) is 103 Å². The normalized spacial score (nSPS) is 11.5. The van der Waals surface area contributed by atoms with Gasteiger partial charge in [-0.2, -0.15) is 0 Å². The second-order valence-electron chi connectivity index (χ2n) is 11.5. The van der Waals surface area contributed by atoms with Gasteiger partial charge in [0.05, 0.1) is 11.0 Å². The predicted molar refractivity (Wildman–Crippen MR) is 188 cm³/mol. The van der Waals surface area contributed by atoms with Crippen LogP contribution in [-0.2, 0) is 0 Å². The molecular weight excluding hydrogens is 562 g/mol. The standard InChI is InChI=1S/C42H27N3O/c1-2-9-31(10-3-1)41-43-44-42(46-41)32-20-23-36(24-21-32)45-39-13-7-6-12-37(39)38-27-35(22-25-40(38)45)30-16-14-29(15-17-30)34-19-18-28-8-4-5-11-33(28)26-34/h1-27H. The van der Waals surface area contributed by atoms with Crippen LogP contribution in [0.15, 0.2) is 168 Å². The first kappa shape index (κ1) is 26.2. The first-order valence-corrected chi connectivity index (χ1v) is 15.4. The van der Waals surface area contributed by atoms with E-state index in [0.717, 1.165) is 22.3 Å². The molecule has 0 amide bonds. The van der Waals surface area contributed by atoms with Crippen LogP contribution in [0.4, 0.5) is 0 Å². The number of aromatic nitrogens is 3. The van der Waals surface area contributed by atoms with Crippen molar-refractivity contribution >= 4 is 32.6 Å². The number of nitrogens with zero attached hydrogens (tertiary/aromatic N) is 3. The molecule has 46 heavy (non-hydrogen) atoms. The van der Waals surface area contributed by atoms with Gasteiger partial charge < -0.3 is 8.98 Å². The summed E-state index contributed by atoms with van der Waals surface area (Å²) in [4.78, 5) is 0. The largest absolute Gasteiger partial charge is 0.416 e. The fourth-order valence-electron chi connectivity index (χ4n) is 6.45. The fraction of sp³-hybridized carbons (Fsp3) is 0. The Morgan fingerprint density at radius 1 is 0.370 bits per heavy atom. The van der Waals surface area contributed by atoms with E-state index in [9.17, 15) is 0 Å².